The van der Waals surface area contributed by atoms with Crippen LogP contribution in [0.5, 0.6) is 11.5 Å². The number of amides is 5. The molecule has 1 saturated heterocycles. The summed E-state index contributed by atoms with van der Waals surface area (Å²) in [6.45, 7) is 1.56. The van der Waals surface area contributed by atoms with E-state index in [1.165, 1.54) is 13.2 Å². The van der Waals surface area contributed by atoms with Crippen molar-refractivity contribution in [3.05, 3.63) is 86.0 Å². The Bertz CT molecular complexity index is 1480. The molecule has 0 saturated carbocycles. The molecule has 0 aromatic heterocycles. The van der Waals surface area contributed by atoms with Crippen LogP contribution in [0.4, 0.5) is 16.2 Å². The van der Waals surface area contributed by atoms with E-state index in [1.54, 1.807) is 60.7 Å². The Morgan fingerprint density at radius 1 is 1.11 bits per heavy atom. The lowest BCUT2D eigenvalue weighted by molar-refractivity contribution is -0.122. The number of ether oxygens (including phenoxy) is 2. The second kappa shape index (κ2) is 11.7. The van der Waals surface area contributed by atoms with Gasteiger partial charge in [0.2, 0.25) is 0 Å². The molecule has 0 radical (unpaired) electrons. The number of urea groups is 1. The highest BCUT2D eigenvalue weighted by Crippen LogP contribution is 2.35. The molecule has 1 aliphatic rings. The maximum absolute atomic E-state index is 13.1. The first-order valence-corrected chi connectivity index (χ1v) is 12.7. The monoisotopic (exact) mass is 645 g/mol. The predicted molar refractivity (Wildman–Crippen MR) is 151 cm³/mol. The third-order valence-corrected chi connectivity index (χ3v) is 6.69. The van der Waals surface area contributed by atoms with E-state index in [-0.39, 0.29) is 17.9 Å². The van der Waals surface area contributed by atoms with Crippen molar-refractivity contribution in [1.82, 2.24) is 5.32 Å². The number of hydrogen-bond acceptors (Lipinski definition) is 6. The highest BCUT2D eigenvalue weighted by Gasteiger charge is 2.36. The van der Waals surface area contributed by atoms with E-state index in [2.05, 4.69) is 10.6 Å². The van der Waals surface area contributed by atoms with Crippen molar-refractivity contribution in [2.75, 3.05) is 23.9 Å². The van der Waals surface area contributed by atoms with Gasteiger partial charge in [0.05, 0.1) is 16.4 Å². The SMILES string of the molecule is COc1cc(/C=C2/C(=O)NC(=O)N(c3ccccc3)C2=O)cc(I)c1OCC(=O)Nc1ccc(C)c(Cl)c1. The molecular formula is C27H21ClIN3O6. The molecule has 194 valence electrons. The fourth-order valence-electron chi connectivity index (χ4n) is 3.60. The van der Waals surface area contributed by atoms with Crippen LogP contribution < -0.4 is 25.0 Å². The summed E-state index contributed by atoms with van der Waals surface area (Å²) in [5, 5.41) is 5.44. The Morgan fingerprint density at radius 2 is 1.84 bits per heavy atom. The van der Waals surface area contributed by atoms with Gasteiger partial charge in [-0.15, -0.1) is 0 Å². The zero-order valence-electron chi connectivity index (χ0n) is 20.2. The minimum absolute atomic E-state index is 0.226. The van der Waals surface area contributed by atoms with E-state index < -0.39 is 23.8 Å². The zero-order chi connectivity index (χ0) is 27.4. The molecule has 2 N–H and O–H groups in total. The Labute approximate surface area is 236 Å². The number of aryl methyl sites for hydroxylation is 1. The number of para-hydroxylation sites is 1. The van der Waals surface area contributed by atoms with Crippen molar-refractivity contribution >= 4 is 75.4 Å². The smallest absolute Gasteiger partial charge is 0.335 e. The highest BCUT2D eigenvalue weighted by molar-refractivity contribution is 14.1. The van der Waals surface area contributed by atoms with E-state index in [9.17, 15) is 19.2 Å². The van der Waals surface area contributed by atoms with Gasteiger partial charge < -0.3 is 14.8 Å². The molecule has 0 unspecified atom stereocenters. The summed E-state index contributed by atoms with van der Waals surface area (Å²) in [4.78, 5) is 51.3. The number of benzene rings is 3. The summed E-state index contributed by atoms with van der Waals surface area (Å²) in [5.74, 6) is -1.37. The van der Waals surface area contributed by atoms with E-state index >= 15 is 0 Å². The number of carbonyl (C=O) groups is 4. The third-order valence-electron chi connectivity index (χ3n) is 5.48. The fourth-order valence-corrected chi connectivity index (χ4v) is 4.57. The molecule has 38 heavy (non-hydrogen) atoms. The van der Waals surface area contributed by atoms with Crippen LogP contribution in [-0.4, -0.2) is 37.5 Å². The number of barbiturate groups is 1. The third kappa shape index (κ3) is 5.97. The minimum Gasteiger partial charge on any atom is -0.493 e. The number of hydrogen-bond donors (Lipinski definition) is 2. The molecule has 0 spiro atoms. The second-order valence-corrected chi connectivity index (χ2v) is 9.70. The van der Waals surface area contributed by atoms with Crippen molar-refractivity contribution in [3.63, 3.8) is 0 Å². The molecule has 0 bridgehead atoms. The van der Waals surface area contributed by atoms with Crippen LogP contribution in [0.25, 0.3) is 6.08 Å². The Morgan fingerprint density at radius 3 is 2.53 bits per heavy atom. The normalized spacial score (nSPS) is 14.4. The Balaban J connectivity index is 1.54. The summed E-state index contributed by atoms with van der Waals surface area (Å²) in [6.07, 6.45) is 1.36. The van der Waals surface area contributed by atoms with Gasteiger partial charge in [0.25, 0.3) is 17.7 Å². The topological polar surface area (TPSA) is 114 Å². The average molecular weight is 646 g/mol. The molecule has 11 heteroatoms. The lowest BCUT2D eigenvalue weighted by Crippen LogP contribution is -2.54. The molecule has 1 heterocycles. The van der Waals surface area contributed by atoms with Crippen molar-refractivity contribution in [2.45, 2.75) is 6.92 Å². The second-order valence-electron chi connectivity index (χ2n) is 8.13. The number of rotatable bonds is 7. The molecule has 1 aliphatic heterocycles. The lowest BCUT2D eigenvalue weighted by Gasteiger charge is -2.26. The van der Waals surface area contributed by atoms with Crippen molar-refractivity contribution in [3.8, 4) is 11.5 Å². The van der Waals surface area contributed by atoms with Crippen LogP contribution >= 0.6 is 34.2 Å². The standard InChI is InChI=1S/C27H21ClIN3O6/c1-15-8-9-17(13-20(15)28)30-23(33)14-38-24-21(29)11-16(12-22(24)37-2)10-19-25(34)31-27(36)32(26(19)35)18-6-4-3-5-7-18/h3-13H,14H2,1-2H3,(H,30,33)(H,31,34,36)/b19-10-. The van der Waals surface area contributed by atoms with Crippen LogP contribution in [0.3, 0.4) is 0 Å². The predicted octanol–water partition coefficient (Wildman–Crippen LogP) is 4.95. The van der Waals surface area contributed by atoms with Crippen LogP contribution in [0.2, 0.25) is 5.02 Å². The van der Waals surface area contributed by atoms with Gasteiger partial charge in [-0.05, 0) is 83.1 Å². The Hall–Kier alpha value is -3.90. The molecule has 4 rings (SSSR count). The fraction of sp³-hybridized carbons (Fsp3) is 0.111. The van der Waals surface area contributed by atoms with E-state index in [4.69, 9.17) is 21.1 Å². The molecule has 0 atom stereocenters. The first-order valence-electron chi connectivity index (χ1n) is 11.2. The van der Waals surface area contributed by atoms with Gasteiger partial charge >= 0.3 is 6.03 Å². The average Bonchev–Trinajstić information content (AvgIpc) is 2.88. The van der Waals surface area contributed by atoms with Crippen LogP contribution in [0.15, 0.2) is 66.2 Å². The summed E-state index contributed by atoms with van der Waals surface area (Å²) >= 11 is 8.11. The van der Waals surface area contributed by atoms with Gasteiger partial charge in [0.1, 0.15) is 5.57 Å². The van der Waals surface area contributed by atoms with E-state index in [0.717, 1.165) is 10.5 Å². The molecule has 5 amide bonds. The first-order chi connectivity index (χ1) is 18.2. The number of imide groups is 2. The number of anilines is 2. The summed E-state index contributed by atoms with van der Waals surface area (Å²) in [7, 11) is 1.43. The number of methoxy groups -OCH3 is 1. The number of carbonyl (C=O) groups excluding carboxylic acids is 4. The Kier molecular flexibility index (Phi) is 8.32. The summed E-state index contributed by atoms with van der Waals surface area (Å²) in [6, 6.07) is 15.9. The molecule has 9 nitrogen and oxygen atoms in total. The maximum Gasteiger partial charge on any atom is 0.335 e. The minimum atomic E-state index is -0.828. The van der Waals surface area contributed by atoms with E-state index in [1.807, 2.05) is 29.5 Å². The maximum atomic E-state index is 13.1. The summed E-state index contributed by atoms with van der Waals surface area (Å²) in [5.41, 5.74) is 1.99. The van der Waals surface area contributed by atoms with Gasteiger partial charge in [-0.25, -0.2) is 9.69 Å². The van der Waals surface area contributed by atoms with Gasteiger partial charge in [-0.3, -0.25) is 19.7 Å². The van der Waals surface area contributed by atoms with Crippen molar-refractivity contribution in [1.29, 1.82) is 0 Å². The van der Waals surface area contributed by atoms with Crippen LogP contribution in [0.1, 0.15) is 11.1 Å². The zero-order valence-corrected chi connectivity index (χ0v) is 23.1. The quantitative estimate of drug-likeness (QED) is 0.214. The first kappa shape index (κ1) is 27.1. The van der Waals surface area contributed by atoms with Crippen LogP contribution in [-0.2, 0) is 14.4 Å². The molecule has 3 aromatic carbocycles. The van der Waals surface area contributed by atoms with Gasteiger partial charge in [0, 0.05) is 10.7 Å². The lowest BCUT2D eigenvalue weighted by atomic mass is 10.1. The van der Waals surface area contributed by atoms with Crippen LogP contribution in [0, 0.1) is 10.5 Å². The number of nitrogens with one attached hydrogen (secondary N) is 2. The molecule has 0 aliphatic carbocycles. The van der Waals surface area contributed by atoms with Crippen molar-refractivity contribution in [2.24, 2.45) is 0 Å². The largest absolute Gasteiger partial charge is 0.493 e. The van der Waals surface area contributed by atoms with E-state index in [0.29, 0.717) is 31.3 Å². The molecule has 3 aromatic rings. The number of nitrogens with zero attached hydrogens (tertiary/aromatic N) is 1. The van der Waals surface area contributed by atoms with Gasteiger partial charge in [-0.2, -0.15) is 0 Å². The highest BCUT2D eigenvalue weighted by atomic mass is 127. The number of halogens is 2. The molecular weight excluding hydrogens is 625 g/mol. The van der Waals surface area contributed by atoms with Gasteiger partial charge in [-0.1, -0.05) is 35.9 Å². The summed E-state index contributed by atoms with van der Waals surface area (Å²) < 4.78 is 11.7. The molecule has 1 fully saturated rings. The van der Waals surface area contributed by atoms with Gasteiger partial charge in [0.15, 0.2) is 18.1 Å². The van der Waals surface area contributed by atoms with Crippen molar-refractivity contribution < 1.29 is 28.7 Å².